The molecular formula is C30H30N4O3. The van der Waals surface area contributed by atoms with E-state index < -0.39 is 0 Å². The molecule has 0 bridgehead atoms. The van der Waals surface area contributed by atoms with Crippen molar-refractivity contribution < 1.29 is 13.9 Å². The second-order valence-corrected chi connectivity index (χ2v) is 9.13. The Bertz CT molecular complexity index is 1440. The molecule has 3 heterocycles. The van der Waals surface area contributed by atoms with Crippen LogP contribution in [0.25, 0.3) is 22.3 Å². The topological polar surface area (TPSA) is 80.4 Å². The minimum absolute atomic E-state index is 0.648. The van der Waals surface area contributed by atoms with Crippen LogP contribution in [-0.4, -0.2) is 51.1 Å². The summed E-state index contributed by atoms with van der Waals surface area (Å²) >= 11 is 0. The number of amidine groups is 2. The molecule has 0 radical (unpaired) electrons. The fourth-order valence-electron chi connectivity index (χ4n) is 4.54. The molecule has 0 aliphatic carbocycles. The summed E-state index contributed by atoms with van der Waals surface area (Å²) in [6.07, 6.45) is 1.84. The van der Waals surface area contributed by atoms with Crippen molar-refractivity contribution in [3.05, 3.63) is 83.9 Å². The fraction of sp³-hybridized carbons (Fsp3) is 0.267. The molecule has 6 rings (SSSR count). The number of hydrogen-bond donors (Lipinski definition) is 2. The van der Waals surface area contributed by atoms with E-state index in [0.717, 1.165) is 95.6 Å². The van der Waals surface area contributed by atoms with Gasteiger partial charge in [-0.3, -0.25) is 9.98 Å². The zero-order chi connectivity index (χ0) is 24.9. The first-order valence-corrected chi connectivity index (χ1v) is 12.9. The van der Waals surface area contributed by atoms with Crippen LogP contribution in [0.5, 0.6) is 11.5 Å². The maximum atomic E-state index is 6.14. The molecule has 2 aliphatic rings. The summed E-state index contributed by atoms with van der Waals surface area (Å²) in [6, 6.07) is 24.4. The number of fused-ring (bicyclic) bond motifs is 1. The summed E-state index contributed by atoms with van der Waals surface area (Å²) < 4.78 is 18.0. The van der Waals surface area contributed by atoms with Crippen LogP contribution in [0, 0.1) is 0 Å². The number of benzene rings is 3. The van der Waals surface area contributed by atoms with Crippen LogP contribution in [0.15, 0.2) is 87.2 Å². The number of hydrogen-bond acceptors (Lipinski definition) is 7. The van der Waals surface area contributed by atoms with Crippen LogP contribution in [0.1, 0.15) is 24.0 Å². The Morgan fingerprint density at radius 2 is 1.35 bits per heavy atom. The van der Waals surface area contributed by atoms with Gasteiger partial charge in [-0.05, 0) is 61.4 Å². The third kappa shape index (κ3) is 5.45. The van der Waals surface area contributed by atoms with E-state index in [1.54, 1.807) is 0 Å². The minimum Gasteiger partial charge on any atom is -0.494 e. The number of ether oxygens (including phenoxy) is 2. The Hall–Kier alpha value is -4.26. The smallest absolute Gasteiger partial charge is 0.135 e. The van der Waals surface area contributed by atoms with E-state index in [9.17, 15) is 0 Å². The van der Waals surface area contributed by atoms with Crippen molar-refractivity contribution in [2.75, 3.05) is 39.4 Å². The molecule has 2 aliphatic heterocycles. The Labute approximate surface area is 216 Å². The zero-order valence-corrected chi connectivity index (χ0v) is 20.7. The van der Waals surface area contributed by atoms with Crippen LogP contribution in [0.2, 0.25) is 0 Å². The van der Waals surface area contributed by atoms with Crippen molar-refractivity contribution in [1.29, 1.82) is 0 Å². The molecule has 2 N–H and O–H groups in total. The van der Waals surface area contributed by atoms with Crippen molar-refractivity contribution in [1.82, 2.24) is 10.6 Å². The highest BCUT2D eigenvalue weighted by Gasteiger charge is 2.12. The van der Waals surface area contributed by atoms with Crippen LogP contribution in [0.4, 0.5) is 0 Å². The van der Waals surface area contributed by atoms with Crippen molar-refractivity contribution in [3.63, 3.8) is 0 Å². The van der Waals surface area contributed by atoms with Gasteiger partial charge in [0.25, 0.3) is 0 Å². The van der Waals surface area contributed by atoms with Gasteiger partial charge >= 0.3 is 0 Å². The highest BCUT2D eigenvalue weighted by Crippen LogP contribution is 2.30. The quantitative estimate of drug-likeness (QED) is 0.302. The predicted octanol–water partition coefficient (Wildman–Crippen LogP) is 5.04. The molecule has 7 heteroatoms. The van der Waals surface area contributed by atoms with E-state index in [1.807, 2.05) is 42.5 Å². The molecule has 0 fully saturated rings. The van der Waals surface area contributed by atoms with E-state index in [4.69, 9.17) is 13.9 Å². The second-order valence-electron chi connectivity index (χ2n) is 9.13. The van der Waals surface area contributed by atoms with Crippen molar-refractivity contribution in [2.45, 2.75) is 12.8 Å². The molecule has 0 saturated heterocycles. The number of nitrogens with zero attached hydrogens (tertiary/aromatic N) is 2. The van der Waals surface area contributed by atoms with Gasteiger partial charge in [-0.2, -0.15) is 0 Å². The van der Waals surface area contributed by atoms with Crippen LogP contribution < -0.4 is 20.1 Å². The zero-order valence-electron chi connectivity index (χ0n) is 20.7. The lowest BCUT2D eigenvalue weighted by molar-refractivity contribution is 0.266. The Balaban J connectivity index is 0.970. The molecule has 3 aromatic carbocycles. The normalized spacial score (nSPS) is 14.7. The molecule has 37 heavy (non-hydrogen) atoms. The second kappa shape index (κ2) is 10.8. The Kier molecular flexibility index (Phi) is 6.75. The third-order valence-electron chi connectivity index (χ3n) is 6.46. The molecule has 0 unspecified atom stereocenters. The lowest BCUT2D eigenvalue weighted by Crippen LogP contribution is -2.19. The SMILES string of the molecule is c1cc(OCCCCOc2ccc(-c3cc4ccc(C5=NCCN5)cc4o3)cc2)cc(C2=NCCN2)c1. The molecular weight excluding hydrogens is 464 g/mol. The van der Waals surface area contributed by atoms with E-state index in [0.29, 0.717) is 13.2 Å². The van der Waals surface area contributed by atoms with E-state index in [-0.39, 0.29) is 0 Å². The predicted molar refractivity (Wildman–Crippen MR) is 147 cm³/mol. The molecule has 7 nitrogen and oxygen atoms in total. The van der Waals surface area contributed by atoms with E-state index in [1.165, 1.54) is 0 Å². The van der Waals surface area contributed by atoms with Crippen molar-refractivity contribution in [3.8, 4) is 22.8 Å². The molecule has 188 valence electrons. The highest BCUT2D eigenvalue weighted by atomic mass is 16.5. The van der Waals surface area contributed by atoms with Gasteiger partial charge in [-0.25, -0.2) is 0 Å². The van der Waals surface area contributed by atoms with Crippen LogP contribution in [0.3, 0.4) is 0 Å². The average Bonchev–Trinajstić information content (AvgIpc) is 3.73. The fourth-order valence-corrected chi connectivity index (χ4v) is 4.54. The maximum absolute atomic E-state index is 6.14. The van der Waals surface area contributed by atoms with Gasteiger partial charge in [0, 0.05) is 35.2 Å². The summed E-state index contributed by atoms with van der Waals surface area (Å²) in [6.45, 7) is 4.75. The van der Waals surface area contributed by atoms with Crippen molar-refractivity contribution in [2.24, 2.45) is 9.98 Å². The third-order valence-corrected chi connectivity index (χ3v) is 6.46. The molecule has 0 amide bonds. The molecule has 0 spiro atoms. The number of furan rings is 1. The minimum atomic E-state index is 0.648. The van der Waals surface area contributed by atoms with Crippen LogP contribution >= 0.6 is 0 Å². The standard InChI is InChI=1S/C30H30N4O3/c1(2-17-36-26-5-3-4-23(18-26)29-31-12-13-32-29)16-35-25-10-8-21(9-11-25)27-19-22-6-7-24(20-28(22)37-27)30-33-14-15-34-30/h3-11,18-20H,1-2,12-17H2,(H,31,32)(H,33,34). The summed E-state index contributed by atoms with van der Waals surface area (Å²) in [5.74, 6) is 4.46. The summed E-state index contributed by atoms with van der Waals surface area (Å²) in [5.41, 5.74) is 4.02. The molecule has 4 aromatic rings. The first-order valence-electron chi connectivity index (χ1n) is 12.9. The first kappa shape index (κ1) is 23.2. The summed E-state index contributed by atoms with van der Waals surface area (Å²) in [5, 5.41) is 7.69. The van der Waals surface area contributed by atoms with Gasteiger partial charge < -0.3 is 24.5 Å². The number of aliphatic imine (C=N–C) groups is 2. The van der Waals surface area contributed by atoms with Gasteiger partial charge in [0.1, 0.15) is 34.5 Å². The van der Waals surface area contributed by atoms with Gasteiger partial charge in [0.15, 0.2) is 0 Å². The van der Waals surface area contributed by atoms with E-state index >= 15 is 0 Å². The highest BCUT2D eigenvalue weighted by molar-refractivity contribution is 6.02. The van der Waals surface area contributed by atoms with E-state index in [2.05, 4.69) is 51.0 Å². The van der Waals surface area contributed by atoms with Gasteiger partial charge in [0.05, 0.1) is 26.3 Å². The largest absolute Gasteiger partial charge is 0.494 e. The number of unbranched alkanes of at least 4 members (excludes halogenated alkanes) is 1. The Morgan fingerprint density at radius 3 is 2.05 bits per heavy atom. The van der Waals surface area contributed by atoms with Crippen molar-refractivity contribution >= 4 is 22.6 Å². The monoisotopic (exact) mass is 494 g/mol. The molecule has 0 saturated carbocycles. The van der Waals surface area contributed by atoms with Crippen LogP contribution in [-0.2, 0) is 0 Å². The lowest BCUT2D eigenvalue weighted by Gasteiger charge is -2.09. The average molecular weight is 495 g/mol. The maximum Gasteiger partial charge on any atom is 0.135 e. The van der Waals surface area contributed by atoms with Gasteiger partial charge in [-0.1, -0.05) is 24.3 Å². The Morgan fingerprint density at radius 1 is 0.676 bits per heavy atom. The summed E-state index contributed by atoms with van der Waals surface area (Å²) in [7, 11) is 0. The lowest BCUT2D eigenvalue weighted by atomic mass is 10.1. The number of nitrogens with one attached hydrogen (secondary N) is 2. The number of rotatable bonds is 10. The molecule has 1 aromatic heterocycles. The van der Waals surface area contributed by atoms with Gasteiger partial charge in [-0.15, -0.1) is 0 Å². The van der Waals surface area contributed by atoms with Gasteiger partial charge in [0.2, 0.25) is 0 Å². The summed E-state index contributed by atoms with van der Waals surface area (Å²) in [4.78, 5) is 8.96. The first-order chi connectivity index (χ1) is 18.3. The molecule has 0 atom stereocenters.